The number of allylic oxidation sites excluding steroid dienone is 4. The van der Waals surface area contributed by atoms with Crippen molar-refractivity contribution in [3.8, 4) is 0 Å². The molecule has 110 valence electrons. The zero-order valence-electron chi connectivity index (χ0n) is 12.8. The van der Waals surface area contributed by atoms with Gasteiger partial charge in [-0.15, -0.1) is 0 Å². The molecule has 0 amide bonds. The largest absolute Gasteiger partial charge is 0.379 e. The zero-order valence-corrected chi connectivity index (χ0v) is 13.6. The lowest BCUT2D eigenvalue weighted by Crippen LogP contribution is -2.22. The minimum atomic E-state index is -0.419. The normalized spacial score (nSPS) is 14.9. The maximum atomic E-state index is 10.7. The molecule has 19 heavy (non-hydrogen) atoms. The average molecular weight is 287 g/mol. The number of ether oxygens (including phenoxy) is 1. The van der Waals surface area contributed by atoms with Crippen molar-refractivity contribution in [2.24, 2.45) is 5.92 Å². The van der Waals surface area contributed by atoms with Crippen LogP contribution in [-0.4, -0.2) is 18.0 Å². The van der Waals surface area contributed by atoms with Crippen molar-refractivity contribution in [1.82, 2.24) is 0 Å². The molecule has 0 aliphatic rings. The van der Waals surface area contributed by atoms with Crippen molar-refractivity contribution in [1.29, 1.82) is 0 Å². The molecule has 0 aromatic rings. The summed E-state index contributed by atoms with van der Waals surface area (Å²) in [6, 6.07) is 0. The van der Waals surface area contributed by atoms with E-state index in [0.29, 0.717) is 5.92 Å². The van der Waals surface area contributed by atoms with Gasteiger partial charge in [-0.3, -0.25) is 4.79 Å². The Hall–Kier alpha value is -0.600. The van der Waals surface area contributed by atoms with E-state index in [1.165, 1.54) is 18.9 Å². The molecule has 0 bridgehead atoms. The van der Waals surface area contributed by atoms with Gasteiger partial charge in [0.2, 0.25) is 5.24 Å². The maximum Gasteiger partial charge on any atom is 0.245 e. The summed E-state index contributed by atoms with van der Waals surface area (Å²) in [5.74, 6) is 0.642. The molecular weight excluding hydrogens is 260 g/mol. The Morgan fingerprint density at radius 1 is 1.42 bits per heavy atom. The second-order valence-corrected chi connectivity index (χ2v) is 6.16. The first-order valence-corrected chi connectivity index (χ1v) is 7.24. The molecule has 0 aromatic carbocycles. The standard InChI is InChI=1S/C16H27ClO2/c1-13(10-7-11-16(3,4)19-5)8-6-9-14(2)12-15(17)18/h6,9,12-13H,7-8,10-11H2,1-5H3/b9-6+,14-12+. The SMILES string of the molecule is COC(C)(C)CCCC(C)C/C=C/C(C)=C/C(=O)Cl. The van der Waals surface area contributed by atoms with E-state index in [1.54, 1.807) is 7.11 Å². The van der Waals surface area contributed by atoms with Crippen LogP contribution in [0, 0.1) is 5.92 Å². The minimum absolute atomic E-state index is 0.0183. The maximum absolute atomic E-state index is 10.7. The van der Waals surface area contributed by atoms with Crippen molar-refractivity contribution in [2.75, 3.05) is 7.11 Å². The van der Waals surface area contributed by atoms with Gasteiger partial charge in [-0.2, -0.15) is 0 Å². The molecule has 0 aromatic heterocycles. The lowest BCUT2D eigenvalue weighted by Gasteiger charge is -2.23. The molecule has 0 N–H and O–H groups in total. The summed E-state index contributed by atoms with van der Waals surface area (Å²) in [6.07, 6.45) is 9.96. The van der Waals surface area contributed by atoms with Crippen LogP contribution in [0.2, 0.25) is 0 Å². The van der Waals surface area contributed by atoms with Gasteiger partial charge < -0.3 is 4.74 Å². The van der Waals surface area contributed by atoms with Gasteiger partial charge in [-0.05, 0) is 56.7 Å². The number of carbonyl (C=O) groups excluding carboxylic acids is 1. The topological polar surface area (TPSA) is 26.3 Å². The third kappa shape index (κ3) is 11.0. The van der Waals surface area contributed by atoms with Crippen LogP contribution in [0.25, 0.3) is 0 Å². The van der Waals surface area contributed by atoms with Gasteiger partial charge in [0.05, 0.1) is 5.60 Å². The number of carbonyl (C=O) groups is 1. The quantitative estimate of drug-likeness (QED) is 0.343. The van der Waals surface area contributed by atoms with Gasteiger partial charge in [0.25, 0.3) is 0 Å². The summed E-state index contributed by atoms with van der Waals surface area (Å²) in [5.41, 5.74) is 0.878. The summed E-state index contributed by atoms with van der Waals surface area (Å²) < 4.78 is 5.40. The van der Waals surface area contributed by atoms with Crippen molar-refractivity contribution >= 4 is 16.8 Å². The van der Waals surface area contributed by atoms with Crippen molar-refractivity contribution < 1.29 is 9.53 Å². The van der Waals surface area contributed by atoms with Gasteiger partial charge in [0.15, 0.2) is 0 Å². The molecule has 0 spiro atoms. The molecule has 0 saturated carbocycles. The van der Waals surface area contributed by atoms with E-state index in [9.17, 15) is 4.79 Å². The van der Waals surface area contributed by atoms with Crippen LogP contribution in [0.3, 0.4) is 0 Å². The Morgan fingerprint density at radius 2 is 2.05 bits per heavy atom. The number of methoxy groups -OCH3 is 1. The molecule has 0 rings (SSSR count). The van der Waals surface area contributed by atoms with E-state index in [-0.39, 0.29) is 5.60 Å². The van der Waals surface area contributed by atoms with Gasteiger partial charge >= 0.3 is 0 Å². The lowest BCUT2D eigenvalue weighted by molar-refractivity contribution is -0.107. The van der Waals surface area contributed by atoms with Gasteiger partial charge in [0, 0.05) is 13.2 Å². The Labute approximate surface area is 122 Å². The predicted molar refractivity (Wildman–Crippen MR) is 82.5 cm³/mol. The van der Waals surface area contributed by atoms with Crippen LogP contribution >= 0.6 is 11.6 Å². The van der Waals surface area contributed by atoms with Crippen molar-refractivity contribution in [2.45, 2.75) is 59.0 Å². The lowest BCUT2D eigenvalue weighted by atomic mass is 9.95. The third-order valence-electron chi connectivity index (χ3n) is 3.29. The second kappa shape index (κ2) is 9.33. The fraction of sp³-hybridized carbons (Fsp3) is 0.688. The first-order valence-electron chi connectivity index (χ1n) is 6.86. The van der Waals surface area contributed by atoms with E-state index in [0.717, 1.165) is 18.4 Å². The minimum Gasteiger partial charge on any atom is -0.379 e. The highest BCUT2D eigenvalue weighted by molar-refractivity contribution is 6.66. The highest BCUT2D eigenvalue weighted by Crippen LogP contribution is 2.20. The molecule has 3 heteroatoms. The predicted octanol–water partition coefficient (Wildman–Crippen LogP) is 4.88. The summed E-state index contributed by atoms with van der Waals surface area (Å²) in [6.45, 7) is 8.36. The average Bonchev–Trinajstić information content (AvgIpc) is 2.27. The van der Waals surface area contributed by atoms with Crippen molar-refractivity contribution in [3.63, 3.8) is 0 Å². The van der Waals surface area contributed by atoms with Crippen molar-refractivity contribution in [3.05, 3.63) is 23.8 Å². The number of hydrogen-bond donors (Lipinski definition) is 0. The first-order chi connectivity index (χ1) is 8.76. The molecule has 0 aliphatic heterocycles. The third-order valence-corrected chi connectivity index (χ3v) is 3.40. The molecule has 1 unspecified atom stereocenters. The Morgan fingerprint density at radius 3 is 2.58 bits per heavy atom. The van der Waals surface area contributed by atoms with Gasteiger partial charge in [-0.25, -0.2) is 0 Å². The second-order valence-electron chi connectivity index (χ2n) is 5.79. The van der Waals surface area contributed by atoms with Gasteiger partial charge in [0.1, 0.15) is 0 Å². The summed E-state index contributed by atoms with van der Waals surface area (Å²) >= 11 is 5.28. The highest BCUT2D eigenvalue weighted by atomic mass is 35.5. The van der Waals surface area contributed by atoms with E-state index in [2.05, 4.69) is 26.8 Å². The highest BCUT2D eigenvalue weighted by Gasteiger charge is 2.15. The molecule has 0 saturated heterocycles. The molecule has 1 atom stereocenters. The van der Waals surface area contributed by atoms with Crippen LogP contribution in [0.4, 0.5) is 0 Å². The van der Waals surface area contributed by atoms with Crippen LogP contribution in [0.1, 0.15) is 53.4 Å². The number of hydrogen-bond acceptors (Lipinski definition) is 2. The number of halogens is 1. The van der Waals surface area contributed by atoms with Crippen LogP contribution in [-0.2, 0) is 9.53 Å². The molecule has 2 nitrogen and oxygen atoms in total. The summed E-state index contributed by atoms with van der Waals surface area (Å²) in [4.78, 5) is 10.7. The summed E-state index contributed by atoms with van der Waals surface area (Å²) in [7, 11) is 1.76. The van der Waals surface area contributed by atoms with Crippen LogP contribution < -0.4 is 0 Å². The molecule has 0 fully saturated rings. The Kier molecular flexibility index (Phi) is 9.03. The zero-order chi connectivity index (χ0) is 14.9. The Bertz CT molecular complexity index is 330. The van der Waals surface area contributed by atoms with Gasteiger partial charge in [-0.1, -0.05) is 31.9 Å². The molecular formula is C16H27ClO2. The first kappa shape index (κ1) is 18.4. The van der Waals surface area contributed by atoms with Crippen LogP contribution in [0.15, 0.2) is 23.8 Å². The fourth-order valence-electron chi connectivity index (χ4n) is 1.81. The van der Waals surface area contributed by atoms with E-state index in [4.69, 9.17) is 16.3 Å². The summed E-state index contributed by atoms with van der Waals surface area (Å²) in [5, 5.41) is -0.419. The molecule has 0 aliphatic carbocycles. The smallest absolute Gasteiger partial charge is 0.245 e. The van der Waals surface area contributed by atoms with E-state index in [1.807, 2.05) is 13.0 Å². The fourth-order valence-corrected chi connectivity index (χ4v) is 1.98. The molecule has 0 heterocycles. The van der Waals surface area contributed by atoms with Crippen LogP contribution in [0.5, 0.6) is 0 Å². The monoisotopic (exact) mass is 286 g/mol. The number of rotatable bonds is 9. The van der Waals surface area contributed by atoms with E-state index >= 15 is 0 Å². The van der Waals surface area contributed by atoms with E-state index < -0.39 is 5.24 Å². The molecule has 0 radical (unpaired) electrons. The Balaban J connectivity index is 3.91.